The molecule has 0 aromatic rings. The van der Waals surface area contributed by atoms with Crippen molar-refractivity contribution < 1.29 is 33.4 Å². The Morgan fingerprint density at radius 2 is 1.71 bits per heavy atom. The second-order valence-electron chi connectivity index (χ2n) is 7.46. The number of hydrogen-bond donors (Lipinski definition) is 1. The van der Waals surface area contributed by atoms with Gasteiger partial charge in [-0.05, 0) is 24.7 Å². The highest BCUT2D eigenvalue weighted by Crippen LogP contribution is 2.27. The normalized spacial score (nSPS) is 19.2. The van der Waals surface area contributed by atoms with Gasteiger partial charge in [0, 0.05) is 13.8 Å². The molecule has 1 saturated heterocycles. The molecule has 8 nitrogen and oxygen atoms in total. The molecular formula is C16H25NO7. The van der Waals surface area contributed by atoms with E-state index in [2.05, 4.69) is 0 Å². The van der Waals surface area contributed by atoms with Gasteiger partial charge in [-0.25, -0.2) is 4.79 Å². The van der Waals surface area contributed by atoms with E-state index in [-0.39, 0.29) is 11.8 Å². The van der Waals surface area contributed by atoms with Crippen molar-refractivity contribution in [1.29, 1.82) is 0 Å². The van der Waals surface area contributed by atoms with Crippen LogP contribution in [0.25, 0.3) is 0 Å². The fraction of sp³-hybridized carbons (Fsp3) is 0.750. The Balaban J connectivity index is 2.85. The highest BCUT2D eigenvalue weighted by Gasteiger charge is 2.49. The Bertz CT molecular complexity index is 513. The van der Waals surface area contributed by atoms with E-state index in [1.165, 1.54) is 13.8 Å². The van der Waals surface area contributed by atoms with E-state index in [4.69, 9.17) is 19.9 Å². The Kier molecular flexibility index (Phi) is 5.97. The molecule has 24 heavy (non-hydrogen) atoms. The standard InChI is InChI=1S/C16H25NO7/c1-15(2,3)8-6-7-9(22-14(17)21)11(18)10-12(19)23-16(4,5)24-13(10)20/h9-10H,6-8H2,1-5H3,(H2,17,21)/t9-/m0/s1. The minimum absolute atomic E-state index is 0.0209. The summed E-state index contributed by atoms with van der Waals surface area (Å²) in [6.07, 6.45) is -0.987. The molecule has 0 bridgehead atoms. The number of esters is 2. The van der Waals surface area contributed by atoms with Crippen molar-refractivity contribution in [2.75, 3.05) is 0 Å². The first-order chi connectivity index (χ1) is 10.8. The van der Waals surface area contributed by atoms with Crippen molar-refractivity contribution in [3.63, 3.8) is 0 Å². The largest absolute Gasteiger partial charge is 0.438 e. The van der Waals surface area contributed by atoms with Crippen molar-refractivity contribution in [3.8, 4) is 0 Å². The summed E-state index contributed by atoms with van der Waals surface area (Å²) in [7, 11) is 0. The second kappa shape index (κ2) is 7.19. The minimum atomic E-state index is -1.77. The zero-order chi connectivity index (χ0) is 18.7. The summed E-state index contributed by atoms with van der Waals surface area (Å²) in [5, 5.41) is 0. The summed E-state index contributed by atoms with van der Waals surface area (Å²) in [6.45, 7) is 8.83. The second-order valence-corrected chi connectivity index (χ2v) is 7.46. The van der Waals surface area contributed by atoms with Gasteiger partial charge < -0.3 is 19.9 Å². The van der Waals surface area contributed by atoms with Crippen LogP contribution in [0.2, 0.25) is 0 Å². The molecule has 8 heteroatoms. The summed E-state index contributed by atoms with van der Waals surface area (Å²) >= 11 is 0. The first kappa shape index (κ1) is 19.9. The maximum Gasteiger partial charge on any atom is 0.405 e. The fourth-order valence-corrected chi connectivity index (χ4v) is 2.35. The molecular weight excluding hydrogens is 318 g/mol. The van der Waals surface area contributed by atoms with E-state index in [9.17, 15) is 19.2 Å². The number of primary amides is 1. The molecule has 1 rings (SSSR count). The van der Waals surface area contributed by atoms with Gasteiger partial charge >= 0.3 is 18.0 Å². The summed E-state index contributed by atoms with van der Waals surface area (Å²) in [4.78, 5) is 47.5. The summed E-state index contributed by atoms with van der Waals surface area (Å²) < 4.78 is 14.6. The predicted molar refractivity (Wildman–Crippen MR) is 82.5 cm³/mol. The number of Topliss-reactive ketones (excluding diaryl/α,β-unsaturated/α-hetero) is 1. The van der Waals surface area contributed by atoms with E-state index in [1.54, 1.807) is 0 Å². The maximum absolute atomic E-state index is 12.5. The van der Waals surface area contributed by atoms with Crippen molar-refractivity contribution >= 4 is 23.8 Å². The highest BCUT2D eigenvalue weighted by atomic mass is 16.7. The van der Waals surface area contributed by atoms with Crippen LogP contribution in [0, 0.1) is 11.3 Å². The van der Waals surface area contributed by atoms with Crippen LogP contribution in [-0.4, -0.2) is 35.7 Å². The zero-order valence-electron chi connectivity index (χ0n) is 14.7. The topological polar surface area (TPSA) is 122 Å². The van der Waals surface area contributed by atoms with E-state index in [1.807, 2.05) is 20.8 Å². The van der Waals surface area contributed by atoms with Gasteiger partial charge in [0.15, 0.2) is 11.9 Å². The van der Waals surface area contributed by atoms with Crippen LogP contribution in [0.1, 0.15) is 53.9 Å². The molecule has 1 fully saturated rings. The number of ketones is 1. The van der Waals surface area contributed by atoms with Gasteiger partial charge in [-0.1, -0.05) is 20.8 Å². The van der Waals surface area contributed by atoms with Crippen LogP contribution < -0.4 is 5.73 Å². The van der Waals surface area contributed by atoms with Crippen LogP contribution in [0.15, 0.2) is 0 Å². The van der Waals surface area contributed by atoms with Gasteiger partial charge in [0.1, 0.15) is 0 Å². The number of amides is 1. The van der Waals surface area contributed by atoms with Crippen molar-refractivity contribution in [1.82, 2.24) is 0 Å². The Labute approximate surface area is 141 Å². The zero-order valence-corrected chi connectivity index (χ0v) is 14.7. The molecule has 0 spiro atoms. The molecule has 0 radical (unpaired) electrons. The van der Waals surface area contributed by atoms with Crippen LogP contribution in [0.5, 0.6) is 0 Å². The third kappa shape index (κ3) is 5.82. The molecule has 0 aromatic carbocycles. The van der Waals surface area contributed by atoms with Gasteiger partial charge in [-0.2, -0.15) is 0 Å². The first-order valence-electron chi connectivity index (χ1n) is 7.78. The van der Waals surface area contributed by atoms with Crippen LogP contribution in [-0.2, 0) is 28.6 Å². The Morgan fingerprint density at radius 3 is 2.12 bits per heavy atom. The Hall–Kier alpha value is -2.12. The fourth-order valence-electron chi connectivity index (χ4n) is 2.35. The number of rotatable bonds is 6. The number of carbonyl (C=O) groups is 4. The van der Waals surface area contributed by atoms with Crippen LogP contribution in [0.3, 0.4) is 0 Å². The molecule has 136 valence electrons. The van der Waals surface area contributed by atoms with Crippen molar-refractivity contribution in [3.05, 3.63) is 0 Å². The van der Waals surface area contributed by atoms with Crippen molar-refractivity contribution in [2.24, 2.45) is 17.1 Å². The summed E-state index contributed by atoms with van der Waals surface area (Å²) in [5.41, 5.74) is 5.01. The first-order valence-corrected chi connectivity index (χ1v) is 7.78. The number of cyclic esters (lactones) is 2. The van der Waals surface area contributed by atoms with Crippen molar-refractivity contribution in [2.45, 2.75) is 65.8 Å². The average Bonchev–Trinajstić information content (AvgIpc) is 2.32. The minimum Gasteiger partial charge on any atom is -0.438 e. The lowest BCUT2D eigenvalue weighted by atomic mass is 9.88. The van der Waals surface area contributed by atoms with Gasteiger partial charge in [0.05, 0.1) is 0 Å². The summed E-state index contributed by atoms with van der Waals surface area (Å²) in [5.74, 6) is -6.12. The third-order valence-electron chi connectivity index (χ3n) is 3.42. The lowest BCUT2D eigenvalue weighted by Crippen LogP contribution is -2.51. The molecule has 1 amide bonds. The molecule has 0 unspecified atom stereocenters. The Morgan fingerprint density at radius 1 is 1.21 bits per heavy atom. The molecule has 0 saturated carbocycles. The van der Waals surface area contributed by atoms with Gasteiger partial charge in [0.2, 0.25) is 5.92 Å². The van der Waals surface area contributed by atoms with Gasteiger partial charge in [-0.3, -0.25) is 14.4 Å². The molecule has 0 aliphatic carbocycles. The lowest BCUT2D eigenvalue weighted by Gasteiger charge is -2.33. The van der Waals surface area contributed by atoms with E-state index in [0.717, 1.165) is 6.42 Å². The number of hydrogen-bond acceptors (Lipinski definition) is 7. The molecule has 1 heterocycles. The average molecular weight is 343 g/mol. The van der Waals surface area contributed by atoms with Gasteiger partial charge in [-0.15, -0.1) is 0 Å². The SMILES string of the molecule is CC(C)(C)CCC[C@H](OC(N)=O)C(=O)C1C(=O)OC(C)(C)OC1=O. The number of carbonyl (C=O) groups excluding carboxylic acids is 4. The molecule has 1 aliphatic rings. The summed E-state index contributed by atoms with van der Waals surface area (Å²) in [6, 6.07) is 0. The van der Waals surface area contributed by atoms with Crippen LogP contribution >= 0.6 is 0 Å². The smallest absolute Gasteiger partial charge is 0.405 e. The number of nitrogens with two attached hydrogens (primary N) is 1. The van der Waals surface area contributed by atoms with Crippen LogP contribution in [0.4, 0.5) is 4.79 Å². The monoisotopic (exact) mass is 343 g/mol. The molecule has 1 atom stereocenters. The molecule has 1 aliphatic heterocycles. The van der Waals surface area contributed by atoms with E-state index >= 15 is 0 Å². The van der Waals surface area contributed by atoms with E-state index < -0.39 is 41.6 Å². The highest BCUT2D eigenvalue weighted by molar-refractivity contribution is 6.17. The molecule has 2 N–H and O–H groups in total. The predicted octanol–water partition coefficient (Wildman–Crippen LogP) is 1.69. The lowest BCUT2D eigenvalue weighted by molar-refractivity contribution is -0.239. The third-order valence-corrected chi connectivity index (χ3v) is 3.42. The quantitative estimate of drug-likeness (QED) is 0.575. The maximum atomic E-state index is 12.5. The van der Waals surface area contributed by atoms with Gasteiger partial charge in [0.25, 0.3) is 5.79 Å². The molecule has 0 aromatic heterocycles. The number of ether oxygens (including phenoxy) is 3. The van der Waals surface area contributed by atoms with E-state index in [0.29, 0.717) is 6.42 Å².